The van der Waals surface area contributed by atoms with E-state index in [1.165, 1.54) is 36.4 Å². The Balaban J connectivity index is 1.82. The number of hydrogen-bond donors (Lipinski definition) is 1. The van der Waals surface area contributed by atoms with Gasteiger partial charge in [-0.2, -0.15) is 5.26 Å². The van der Waals surface area contributed by atoms with Gasteiger partial charge < -0.3 is 19.3 Å². The minimum atomic E-state index is -0.686. The Hall–Kier alpha value is -4.45. The molecular formula is C23H18FN3O5. The van der Waals surface area contributed by atoms with E-state index in [0.29, 0.717) is 11.3 Å². The number of aryl methyl sites for hydroxylation is 1. The van der Waals surface area contributed by atoms with E-state index >= 15 is 0 Å². The summed E-state index contributed by atoms with van der Waals surface area (Å²) in [7, 11) is 0. The van der Waals surface area contributed by atoms with Crippen LogP contribution < -0.4 is 14.8 Å². The van der Waals surface area contributed by atoms with Crippen LogP contribution in [-0.2, 0) is 4.79 Å². The fourth-order valence-corrected chi connectivity index (χ4v) is 2.64. The summed E-state index contributed by atoms with van der Waals surface area (Å²) in [5.74, 6) is -0.744. The molecule has 9 heteroatoms. The molecule has 0 spiro atoms. The summed E-state index contributed by atoms with van der Waals surface area (Å²) in [6.07, 6.45) is 1.36. The van der Waals surface area contributed by atoms with Crippen LogP contribution >= 0.6 is 0 Å². The number of esters is 1. The van der Waals surface area contributed by atoms with Crippen LogP contribution in [0.2, 0.25) is 0 Å². The van der Waals surface area contributed by atoms with Gasteiger partial charge in [0.2, 0.25) is 0 Å². The molecule has 0 aliphatic heterocycles. The van der Waals surface area contributed by atoms with E-state index < -0.39 is 17.7 Å². The van der Waals surface area contributed by atoms with E-state index in [9.17, 15) is 19.2 Å². The van der Waals surface area contributed by atoms with E-state index in [4.69, 9.17) is 14.0 Å². The summed E-state index contributed by atoms with van der Waals surface area (Å²) in [5.41, 5.74) is 0.464. The second-order valence-electron chi connectivity index (χ2n) is 6.48. The SMILES string of the molecule is CCOc1cc(C=C(C#N)C(=O)Nc2cc(C)on2)ccc1OC(=O)c1ccc(F)cc1. The molecule has 8 nitrogen and oxygen atoms in total. The van der Waals surface area contributed by atoms with E-state index in [1.54, 1.807) is 19.9 Å². The van der Waals surface area contributed by atoms with Crippen LogP contribution in [0.4, 0.5) is 10.2 Å². The summed E-state index contributed by atoms with van der Waals surface area (Å²) < 4.78 is 28.8. The Morgan fingerprint density at radius 2 is 1.94 bits per heavy atom. The smallest absolute Gasteiger partial charge is 0.343 e. The molecule has 1 heterocycles. The molecule has 0 aliphatic carbocycles. The predicted octanol–water partition coefficient (Wildman–Crippen LogP) is 4.29. The number of anilines is 1. The number of hydrogen-bond acceptors (Lipinski definition) is 7. The van der Waals surface area contributed by atoms with Gasteiger partial charge in [-0.15, -0.1) is 0 Å². The number of halogens is 1. The first-order valence-corrected chi connectivity index (χ1v) is 9.50. The van der Waals surface area contributed by atoms with Crippen molar-refractivity contribution in [2.45, 2.75) is 13.8 Å². The van der Waals surface area contributed by atoms with E-state index in [0.717, 1.165) is 12.1 Å². The summed E-state index contributed by atoms with van der Waals surface area (Å²) in [6, 6.07) is 12.8. The van der Waals surface area contributed by atoms with Gasteiger partial charge in [-0.25, -0.2) is 9.18 Å². The third-order valence-electron chi connectivity index (χ3n) is 4.10. The van der Waals surface area contributed by atoms with Crippen LogP contribution in [0.25, 0.3) is 6.08 Å². The van der Waals surface area contributed by atoms with Gasteiger partial charge in [0.05, 0.1) is 12.2 Å². The van der Waals surface area contributed by atoms with Gasteiger partial charge in [0, 0.05) is 6.07 Å². The lowest BCUT2D eigenvalue weighted by atomic mass is 10.1. The van der Waals surface area contributed by atoms with E-state index in [-0.39, 0.29) is 35.1 Å². The maximum atomic E-state index is 13.1. The molecule has 0 radical (unpaired) electrons. The van der Waals surface area contributed by atoms with Crippen molar-refractivity contribution < 1.29 is 28.0 Å². The largest absolute Gasteiger partial charge is 0.490 e. The van der Waals surface area contributed by atoms with E-state index in [2.05, 4.69) is 10.5 Å². The Morgan fingerprint density at radius 1 is 1.19 bits per heavy atom. The zero-order chi connectivity index (χ0) is 23.1. The molecule has 0 atom stereocenters. The number of rotatable bonds is 7. The predicted molar refractivity (Wildman–Crippen MR) is 112 cm³/mol. The highest BCUT2D eigenvalue weighted by Gasteiger charge is 2.15. The molecule has 0 aliphatic rings. The minimum Gasteiger partial charge on any atom is -0.490 e. The first-order valence-electron chi connectivity index (χ1n) is 9.50. The van der Waals surface area contributed by atoms with Crippen molar-refractivity contribution >= 4 is 23.8 Å². The lowest BCUT2D eigenvalue weighted by Gasteiger charge is -2.11. The number of carbonyl (C=O) groups excluding carboxylic acids is 2. The van der Waals surface area contributed by atoms with Gasteiger partial charge in [-0.05, 0) is 61.9 Å². The average molecular weight is 435 g/mol. The average Bonchev–Trinajstić information content (AvgIpc) is 3.18. The first kappa shape index (κ1) is 22.2. The Bertz CT molecular complexity index is 1210. The van der Waals surface area contributed by atoms with Gasteiger partial charge in [0.15, 0.2) is 17.3 Å². The standard InChI is InChI=1S/C23H18FN3O5/c1-3-30-20-12-15(11-17(13-25)22(28)26-21-10-14(2)32-27-21)4-9-19(20)31-23(29)16-5-7-18(24)8-6-16/h4-12H,3H2,1-2H3,(H,26,27,28). The molecule has 1 amide bonds. The van der Waals surface area contributed by atoms with Crippen LogP contribution in [0.1, 0.15) is 28.6 Å². The van der Waals surface area contributed by atoms with Crippen molar-refractivity contribution in [2.24, 2.45) is 0 Å². The monoisotopic (exact) mass is 435 g/mol. The lowest BCUT2D eigenvalue weighted by molar-refractivity contribution is -0.112. The zero-order valence-corrected chi connectivity index (χ0v) is 17.2. The quantitative estimate of drug-likeness (QED) is 0.255. The number of benzene rings is 2. The van der Waals surface area contributed by atoms with Crippen molar-refractivity contribution in [3.8, 4) is 17.6 Å². The van der Waals surface area contributed by atoms with Crippen molar-refractivity contribution in [1.82, 2.24) is 5.16 Å². The highest BCUT2D eigenvalue weighted by Crippen LogP contribution is 2.30. The van der Waals surface area contributed by atoms with Crippen LogP contribution in [0, 0.1) is 24.1 Å². The fraction of sp³-hybridized carbons (Fsp3) is 0.130. The molecule has 0 unspecified atom stereocenters. The lowest BCUT2D eigenvalue weighted by Crippen LogP contribution is -2.13. The number of nitriles is 1. The van der Waals surface area contributed by atoms with Crippen LogP contribution in [0.15, 0.2) is 58.6 Å². The molecule has 32 heavy (non-hydrogen) atoms. The molecule has 2 aromatic carbocycles. The molecule has 0 saturated heterocycles. The second-order valence-corrected chi connectivity index (χ2v) is 6.48. The van der Waals surface area contributed by atoms with Gasteiger partial charge >= 0.3 is 5.97 Å². The first-order chi connectivity index (χ1) is 15.4. The minimum absolute atomic E-state index is 0.138. The molecule has 0 fully saturated rings. The molecule has 0 bridgehead atoms. The van der Waals surface area contributed by atoms with Crippen LogP contribution in [0.5, 0.6) is 11.5 Å². The van der Waals surface area contributed by atoms with Crippen molar-refractivity contribution in [2.75, 3.05) is 11.9 Å². The number of amides is 1. The fourth-order valence-electron chi connectivity index (χ4n) is 2.64. The molecule has 3 rings (SSSR count). The maximum Gasteiger partial charge on any atom is 0.343 e. The summed E-state index contributed by atoms with van der Waals surface area (Å²) in [5, 5.41) is 15.5. The number of carbonyl (C=O) groups is 2. The summed E-state index contributed by atoms with van der Waals surface area (Å²) in [6.45, 7) is 3.71. The van der Waals surface area contributed by atoms with Crippen LogP contribution in [0.3, 0.4) is 0 Å². The Kier molecular flexibility index (Phi) is 6.98. The third-order valence-corrected chi connectivity index (χ3v) is 4.10. The molecule has 1 N–H and O–H groups in total. The zero-order valence-electron chi connectivity index (χ0n) is 17.2. The molecular weight excluding hydrogens is 417 g/mol. The van der Waals surface area contributed by atoms with E-state index in [1.807, 2.05) is 6.07 Å². The van der Waals surface area contributed by atoms with Gasteiger partial charge in [0.25, 0.3) is 5.91 Å². The van der Waals surface area contributed by atoms with Gasteiger partial charge in [-0.3, -0.25) is 4.79 Å². The molecule has 3 aromatic rings. The molecule has 0 saturated carbocycles. The van der Waals surface area contributed by atoms with Crippen molar-refractivity contribution in [1.29, 1.82) is 5.26 Å². The van der Waals surface area contributed by atoms with Crippen molar-refractivity contribution in [3.63, 3.8) is 0 Å². The Morgan fingerprint density at radius 3 is 2.56 bits per heavy atom. The second kappa shape index (κ2) is 10.0. The molecule has 162 valence electrons. The van der Waals surface area contributed by atoms with Gasteiger partial charge in [-0.1, -0.05) is 11.2 Å². The van der Waals surface area contributed by atoms with Crippen LogP contribution in [-0.4, -0.2) is 23.6 Å². The molecule has 1 aromatic heterocycles. The highest BCUT2D eigenvalue weighted by molar-refractivity contribution is 6.09. The van der Waals surface area contributed by atoms with Gasteiger partial charge in [0.1, 0.15) is 23.2 Å². The normalized spacial score (nSPS) is 10.9. The highest BCUT2D eigenvalue weighted by atomic mass is 19.1. The maximum absolute atomic E-state index is 13.1. The topological polar surface area (TPSA) is 114 Å². The third kappa shape index (κ3) is 5.58. The number of nitrogens with one attached hydrogen (secondary N) is 1. The van der Waals surface area contributed by atoms with Crippen molar-refractivity contribution in [3.05, 3.63) is 76.8 Å². The number of nitrogens with zero attached hydrogens (tertiary/aromatic N) is 2. The summed E-state index contributed by atoms with van der Waals surface area (Å²) >= 11 is 0. The Labute approximate surface area is 182 Å². The summed E-state index contributed by atoms with van der Waals surface area (Å²) in [4.78, 5) is 24.7. The number of aromatic nitrogens is 1. The number of ether oxygens (including phenoxy) is 2.